The molecule has 0 aliphatic rings. The fourth-order valence-corrected chi connectivity index (χ4v) is 11.8. The van der Waals surface area contributed by atoms with Crippen molar-refractivity contribution in [3.05, 3.63) is 24.3 Å². The van der Waals surface area contributed by atoms with Crippen molar-refractivity contribution < 1.29 is 33.2 Å². The summed E-state index contributed by atoms with van der Waals surface area (Å²) in [7, 11) is 0. The van der Waals surface area contributed by atoms with Crippen LogP contribution in [0.25, 0.3) is 0 Å². The molecular formula is C80H158O7. The van der Waals surface area contributed by atoms with E-state index >= 15 is 0 Å². The van der Waals surface area contributed by atoms with Crippen LogP contribution in [0.2, 0.25) is 0 Å². The topological polar surface area (TPSA) is 64.6 Å². The zero-order chi connectivity index (χ0) is 62.8. The highest BCUT2D eigenvalue weighted by Crippen LogP contribution is 2.20. The molecule has 0 aromatic heterocycles. The quantitative estimate of drug-likeness (QED) is 0.0341. The first-order chi connectivity index (χ1) is 43.1. The smallest absolute Gasteiger partial charge is 0.180 e. The number of hydrogen-bond donors (Lipinski definition) is 0. The third kappa shape index (κ3) is 70.9. The molecule has 0 fully saturated rings. The SMILES string of the molecule is CCCCCCCCCCOC(CCCCCCCCCC=CC(OCCCCCCC)OC(C=CCCCCCCCCCC(OCCCCCCCCCC)OCCCCCCCCCC)OCCCCCCC)OCCCCCCCCCC. The minimum Gasteiger partial charge on any atom is -0.353 e. The maximum atomic E-state index is 6.66. The highest BCUT2D eigenvalue weighted by Gasteiger charge is 2.15. The van der Waals surface area contributed by atoms with Crippen LogP contribution < -0.4 is 0 Å². The molecule has 0 radical (unpaired) electrons. The van der Waals surface area contributed by atoms with E-state index in [1.165, 1.54) is 347 Å². The van der Waals surface area contributed by atoms with E-state index in [-0.39, 0.29) is 25.2 Å². The lowest BCUT2D eigenvalue weighted by molar-refractivity contribution is -0.208. The van der Waals surface area contributed by atoms with Gasteiger partial charge in [0.25, 0.3) is 0 Å². The Morgan fingerprint density at radius 3 is 0.609 bits per heavy atom. The fraction of sp³-hybridized carbons (Fsp3) is 0.950. The van der Waals surface area contributed by atoms with Crippen LogP contribution in [0.4, 0.5) is 0 Å². The molecule has 7 heteroatoms. The number of allylic oxidation sites excluding steroid dienone is 2. The standard InChI is InChI=1S/C80H158O7/c1-7-13-19-25-29-43-53-63-71-81-77(82-72-64-54-44-30-26-20-14-8-2)67-57-47-39-35-33-37-41-49-59-69-79(85-75-61-51-23-17-11-5)87-80(86-76-62-52-24-18-12-6)70-60-50-42-38-34-36-40-48-58-68-78(83-73-65-55-45-31-27-21-15-9-3)84-74-66-56-46-32-28-22-16-10-4/h59-60,69-70,77-80H,7-58,61-68,71-76H2,1-6H3. The minimum atomic E-state index is -0.387. The zero-order valence-electron chi connectivity index (χ0n) is 60.1. The molecule has 0 bridgehead atoms. The van der Waals surface area contributed by atoms with E-state index in [2.05, 4.69) is 65.8 Å². The number of hydrogen-bond acceptors (Lipinski definition) is 7. The molecule has 0 amide bonds. The molecule has 0 heterocycles. The predicted molar refractivity (Wildman–Crippen MR) is 381 cm³/mol. The van der Waals surface area contributed by atoms with E-state index < -0.39 is 0 Å². The summed E-state index contributed by atoms with van der Waals surface area (Å²) in [5.41, 5.74) is 0. The molecule has 0 aromatic rings. The largest absolute Gasteiger partial charge is 0.353 e. The molecule has 0 saturated carbocycles. The second kappa shape index (κ2) is 77.6. The Kier molecular flexibility index (Phi) is 76.9. The Labute approximate surface area is 546 Å². The lowest BCUT2D eigenvalue weighted by Crippen LogP contribution is -2.25. The van der Waals surface area contributed by atoms with Gasteiger partial charge < -0.3 is 33.2 Å². The van der Waals surface area contributed by atoms with Gasteiger partial charge in [0, 0.05) is 26.4 Å². The molecule has 0 aliphatic carbocycles. The molecule has 0 aromatic carbocycles. The molecule has 520 valence electrons. The van der Waals surface area contributed by atoms with Crippen LogP contribution >= 0.6 is 0 Å². The maximum Gasteiger partial charge on any atom is 0.180 e. The van der Waals surface area contributed by atoms with Gasteiger partial charge in [-0.1, -0.05) is 349 Å². The molecule has 7 nitrogen and oxygen atoms in total. The van der Waals surface area contributed by atoms with E-state index in [4.69, 9.17) is 33.2 Å². The molecule has 0 rings (SSSR count). The van der Waals surface area contributed by atoms with Gasteiger partial charge in [-0.05, 0) is 102 Å². The fourth-order valence-electron chi connectivity index (χ4n) is 11.8. The van der Waals surface area contributed by atoms with Crippen LogP contribution in [0.1, 0.15) is 427 Å². The van der Waals surface area contributed by atoms with Crippen molar-refractivity contribution >= 4 is 0 Å². The Morgan fingerprint density at radius 2 is 0.379 bits per heavy atom. The van der Waals surface area contributed by atoms with Crippen molar-refractivity contribution in [2.45, 2.75) is 452 Å². The molecule has 87 heavy (non-hydrogen) atoms. The van der Waals surface area contributed by atoms with Gasteiger partial charge in [-0.25, -0.2) is 0 Å². The first-order valence-corrected chi connectivity index (χ1v) is 39.8. The predicted octanol–water partition coefficient (Wildman–Crippen LogP) is 27.0. The Balaban J connectivity index is 5.00. The highest BCUT2D eigenvalue weighted by atomic mass is 16.8. The summed E-state index contributed by atoms with van der Waals surface area (Å²) in [6.07, 6.45) is 85.1. The number of rotatable bonds is 78. The van der Waals surface area contributed by atoms with E-state index in [0.717, 1.165) is 78.2 Å². The minimum absolute atomic E-state index is 0.0205. The Bertz CT molecular complexity index is 1140. The van der Waals surface area contributed by atoms with Crippen molar-refractivity contribution in [3.8, 4) is 0 Å². The van der Waals surface area contributed by atoms with Crippen LogP contribution in [0, 0.1) is 0 Å². The van der Waals surface area contributed by atoms with Crippen LogP contribution in [-0.4, -0.2) is 64.8 Å². The van der Waals surface area contributed by atoms with Gasteiger partial charge in [0.2, 0.25) is 0 Å². The Morgan fingerprint density at radius 1 is 0.195 bits per heavy atom. The van der Waals surface area contributed by atoms with Crippen molar-refractivity contribution in [3.63, 3.8) is 0 Å². The first-order valence-electron chi connectivity index (χ1n) is 39.8. The molecule has 0 saturated heterocycles. The summed E-state index contributed by atoms with van der Waals surface area (Å²) >= 11 is 0. The molecule has 0 N–H and O–H groups in total. The van der Waals surface area contributed by atoms with Crippen LogP contribution in [0.3, 0.4) is 0 Å². The van der Waals surface area contributed by atoms with Gasteiger partial charge >= 0.3 is 0 Å². The molecular weight excluding hydrogens is 1070 g/mol. The monoisotopic (exact) mass is 1230 g/mol. The summed E-state index contributed by atoms with van der Waals surface area (Å²) in [6, 6.07) is 0. The normalized spacial score (nSPS) is 12.9. The van der Waals surface area contributed by atoms with Crippen LogP contribution in [0.15, 0.2) is 24.3 Å². The second-order valence-corrected chi connectivity index (χ2v) is 26.6. The molecule has 2 atom stereocenters. The van der Waals surface area contributed by atoms with Gasteiger partial charge in [-0.3, -0.25) is 0 Å². The lowest BCUT2D eigenvalue weighted by Gasteiger charge is -2.22. The maximum absolute atomic E-state index is 6.66. The van der Waals surface area contributed by atoms with Crippen LogP contribution in [-0.2, 0) is 33.2 Å². The number of ether oxygens (including phenoxy) is 7. The van der Waals surface area contributed by atoms with E-state index in [0.29, 0.717) is 0 Å². The summed E-state index contributed by atoms with van der Waals surface area (Å²) in [5, 5.41) is 0. The van der Waals surface area contributed by atoms with Crippen molar-refractivity contribution in [2.24, 2.45) is 0 Å². The van der Waals surface area contributed by atoms with Gasteiger partial charge in [0.1, 0.15) is 0 Å². The summed E-state index contributed by atoms with van der Waals surface area (Å²) in [4.78, 5) is 0. The number of unbranched alkanes of at least 4 members (excludes halogenated alkanes) is 50. The lowest BCUT2D eigenvalue weighted by atomic mass is 10.1. The van der Waals surface area contributed by atoms with Crippen molar-refractivity contribution in [2.75, 3.05) is 39.6 Å². The van der Waals surface area contributed by atoms with E-state index in [1.807, 2.05) is 0 Å². The zero-order valence-corrected chi connectivity index (χ0v) is 60.1. The average molecular weight is 1230 g/mol. The summed E-state index contributed by atoms with van der Waals surface area (Å²) < 4.78 is 45.1. The Hall–Kier alpha value is -0.800. The van der Waals surface area contributed by atoms with Crippen molar-refractivity contribution in [1.29, 1.82) is 0 Å². The van der Waals surface area contributed by atoms with Gasteiger partial charge in [0.05, 0.1) is 13.2 Å². The average Bonchev–Trinajstić information content (AvgIpc) is 3.55. The van der Waals surface area contributed by atoms with E-state index in [1.54, 1.807) is 0 Å². The van der Waals surface area contributed by atoms with Gasteiger partial charge in [-0.2, -0.15) is 0 Å². The van der Waals surface area contributed by atoms with Crippen molar-refractivity contribution in [1.82, 2.24) is 0 Å². The summed E-state index contributed by atoms with van der Waals surface area (Å²) in [5.74, 6) is 0. The molecule has 2 unspecified atom stereocenters. The van der Waals surface area contributed by atoms with Gasteiger partial charge in [0.15, 0.2) is 25.2 Å². The third-order valence-electron chi connectivity index (χ3n) is 17.7. The van der Waals surface area contributed by atoms with Gasteiger partial charge in [-0.15, -0.1) is 0 Å². The van der Waals surface area contributed by atoms with Crippen LogP contribution in [0.5, 0.6) is 0 Å². The molecule has 0 aliphatic heterocycles. The second-order valence-electron chi connectivity index (χ2n) is 26.6. The summed E-state index contributed by atoms with van der Waals surface area (Å²) in [6.45, 7) is 18.6. The first kappa shape index (κ1) is 86.2. The highest BCUT2D eigenvalue weighted by molar-refractivity contribution is 4.90. The van der Waals surface area contributed by atoms with E-state index in [9.17, 15) is 0 Å². The third-order valence-corrected chi connectivity index (χ3v) is 17.7. The molecule has 0 spiro atoms.